The first-order chi connectivity index (χ1) is 4.29. The molecule has 1 aromatic heterocycles. The third-order valence-corrected chi connectivity index (χ3v) is 0.699. The van der Waals surface area contributed by atoms with Crippen molar-refractivity contribution in [1.82, 2.24) is 20.6 Å². The van der Waals surface area contributed by atoms with Gasteiger partial charge in [-0.3, -0.25) is 4.79 Å². The zero-order valence-corrected chi connectivity index (χ0v) is 8.33. The normalized spacial score (nSPS) is 8.40. The van der Waals surface area contributed by atoms with Gasteiger partial charge in [0.05, 0.1) is 0 Å². The molecule has 2 N–H and O–H groups in total. The molecule has 7 heteroatoms. The van der Waals surface area contributed by atoms with Crippen LogP contribution in [0.3, 0.4) is 0 Å². The number of rotatable bonds is 2. The molecule has 0 bridgehead atoms. The van der Waals surface area contributed by atoms with Crippen LogP contribution in [0.5, 0.6) is 0 Å². The van der Waals surface area contributed by atoms with Gasteiger partial charge in [0, 0.05) is 26.2 Å². The van der Waals surface area contributed by atoms with Crippen LogP contribution in [0.2, 0.25) is 0 Å². The van der Waals surface area contributed by atoms with Crippen molar-refractivity contribution in [2.75, 3.05) is 0 Å². The van der Waals surface area contributed by atoms with Crippen LogP contribution in [0.4, 0.5) is 0 Å². The maximum absolute atomic E-state index is 9.94. The summed E-state index contributed by atoms with van der Waals surface area (Å²) in [6.07, 6.45) is -0.184. The molecule has 0 saturated carbocycles. The van der Waals surface area contributed by atoms with Crippen LogP contribution in [0.15, 0.2) is 0 Å². The number of aromatic amines is 1. The summed E-state index contributed by atoms with van der Waals surface area (Å²) in [4.78, 5) is 9.94. The molecule has 1 rings (SSSR count). The summed E-state index contributed by atoms with van der Waals surface area (Å²) in [5.41, 5.74) is 0. The second-order valence-electron chi connectivity index (χ2n) is 1.40. The summed E-state index contributed by atoms with van der Waals surface area (Å²) in [5, 5.41) is 20.3. The molecule has 0 fully saturated rings. The van der Waals surface area contributed by atoms with Gasteiger partial charge in [0.1, 0.15) is 6.42 Å². The molecule has 0 atom stereocenters. The van der Waals surface area contributed by atoms with Crippen molar-refractivity contribution in [2.45, 2.75) is 6.42 Å². The first-order valence-electron chi connectivity index (χ1n) is 2.23. The van der Waals surface area contributed by atoms with Gasteiger partial charge in [0.2, 0.25) is 0 Å². The SMILES string of the molecule is O=C(O)Cc1nn[nH]n1.[Bi]. The minimum Gasteiger partial charge on any atom is -0.481 e. The number of nitrogens with one attached hydrogen (secondary N) is 1. The predicted molar refractivity (Wildman–Crippen MR) is 31.3 cm³/mol. The Kier molecular flexibility index (Phi) is 4.03. The molecule has 0 amide bonds. The van der Waals surface area contributed by atoms with Crippen LogP contribution in [0.1, 0.15) is 5.82 Å². The third-order valence-electron chi connectivity index (χ3n) is 0.699. The molecule has 10 heavy (non-hydrogen) atoms. The summed E-state index contributed by atoms with van der Waals surface area (Å²) >= 11 is 0. The number of tetrazole rings is 1. The molecule has 6 nitrogen and oxygen atoms in total. The predicted octanol–water partition coefficient (Wildman–Crippen LogP) is -1.55. The molecular weight excluding hydrogens is 333 g/mol. The van der Waals surface area contributed by atoms with Gasteiger partial charge in [-0.25, -0.2) is 0 Å². The number of nitrogens with zero attached hydrogens (tertiary/aromatic N) is 3. The second kappa shape index (κ2) is 4.27. The van der Waals surface area contributed by atoms with E-state index in [2.05, 4.69) is 20.6 Å². The Hall–Kier alpha value is -0.577. The van der Waals surface area contributed by atoms with Gasteiger partial charge < -0.3 is 5.11 Å². The van der Waals surface area contributed by atoms with Gasteiger partial charge in [-0.2, -0.15) is 5.21 Å². The number of H-pyrrole nitrogens is 1. The molecule has 0 aliphatic carbocycles. The largest absolute Gasteiger partial charge is 0.481 e. The number of aromatic nitrogens is 4. The number of aliphatic carboxylic acids is 1. The molecule has 53 valence electrons. The third kappa shape index (κ3) is 2.82. The summed E-state index contributed by atoms with van der Waals surface area (Å²) in [7, 11) is 0. The first kappa shape index (κ1) is 9.42. The van der Waals surface area contributed by atoms with Crippen molar-refractivity contribution in [1.29, 1.82) is 0 Å². The molecule has 0 unspecified atom stereocenters. The van der Waals surface area contributed by atoms with E-state index in [-0.39, 0.29) is 38.4 Å². The van der Waals surface area contributed by atoms with Crippen molar-refractivity contribution >= 4 is 32.2 Å². The van der Waals surface area contributed by atoms with Gasteiger partial charge in [0.15, 0.2) is 5.82 Å². The average molecular weight is 337 g/mol. The van der Waals surface area contributed by atoms with E-state index in [4.69, 9.17) is 5.11 Å². The minimum atomic E-state index is -0.962. The van der Waals surface area contributed by atoms with Crippen molar-refractivity contribution in [3.05, 3.63) is 5.82 Å². The maximum atomic E-state index is 9.94. The van der Waals surface area contributed by atoms with Gasteiger partial charge in [-0.05, 0) is 0 Å². The van der Waals surface area contributed by atoms with E-state index in [0.717, 1.165) is 0 Å². The van der Waals surface area contributed by atoms with Crippen molar-refractivity contribution in [3.63, 3.8) is 0 Å². The van der Waals surface area contributed by atoms with E-state index >= 15 is 0 Å². The molecule has 0 saturated heterocycles. The smallest absolute Gasteiger partial charge is 0.311 e. The molecule has 0 aliphatic heterocycles. The number of hydrogen-bond acceptors (Lipinski definition) is 4. The van der Waals surface area contributed by atoms with Crippen LogP contribution in [0, 0.1) is 0 Å². The Bertz CT molecular complexity index is 198. The number of carboxylic acids is 1. The van der Waals surface area contributed by atoms with Gasteiger partial charge in [-0.15, -0.1) is 10.2 Å². The summed E-state index contributed by atoms with van der Waals surface area (Å²) in [5.74, 6) is -0.765. The Morgan fingerprint density at radius 3 is 2.80 bits per heavy atom. The topological polar surface area (TPSA) is 91.8 Å². The van der Waals surface area contributed by atoms with Gasteiger partial charge >= 0.3 is 5.97 Å². The van der Waals surface area contributed by atoms with Crippen LogP contribution >= 0.6 is 0 Å². The van der Waals surface area contributed by atoms with E-state index in [1.165, 1.54) is 0 Å². The Morgan fingerprint density at radius 2 is 2.40 bits per heavy atom. The van der Waals surface area contributed by atoms with Crippen LogP contribution in [0.25, 0.3) is 0 Å². The van der Waals surface area contributed by atoms with Gasteiger partial charge in [-0.1, -0.05) is 5.21 Å². The van der Waals surface area contributed by atoms with E-state index in [1.54, 1.807) is 0 Å². The van der Waals surface area contributed by atoms with Crippen LogP contribution in [-0.2, 0) is 11.2 Å². The van der Waals surface area contributed by atoms with E-state index in [9.17, 15) is 4.79 Å². The van der Waals surface area contributed by atoms with Crippen molar-refractivity contribution in [3.8, 4) is 0 Å². The zero-order valence-electron chi connectivity index (χ0n) is 4.85. The fourth-order valence-corrected chi connectivity index (χ4v) is 0.393. The fraction of sp³-hybridized carbons (Fsp3) is 0.333. The quantitative estimate of drug-likeness (QED) is 0.638. The Balaban J connectivity index is 0.000000810. The van der Waals surface area contributed by atoms with Crippen molar-refractivity contribution < 1.29 is 9.90 Å². The zero-order chi connectivity index (χ0) is 6.69. The standard InChI is InChI=1S/C3H4N4O2.Bi/c8-3(9)1-2-4-6-7-5-2;/h1H2,(H,8,9)(H,4,5,6,7);. The number of carbonyl (C=O) groups is 1. The molecule has 3 radical (unpaired) electrons. The molecule has 0 aliphatic rings. The number of hydrogen-bond donors (Lipinski definition) is 2. The molecular formula is C3H4BiN4O2. The van der Waals surface area contributed by atoms with Gasteiger partial charge in [0.25, 0.3) is 0 Å². The maximum Gasteiger partial charge on any atom is 0.311 e. The van der Waals surface area contributed by atoms with E-state index in [0.29, 0.717) is 0 Å². The average Bonchev–Trinajstić information content (AvgIpc) is 2.15. The van der Waals surface area contributed by atoms with Crippen LogP contribution < -0.4 is 0 Å². The Morgan fingerprint density at radius 1 is 1.70 bits per heavy atom. The molecule has 1 heterocycles. The van der Waals surface area contributed by atoms with Crippen LogP contribution in [-0.4, -0.2) is 57.9 Å². The molecule has 0 spiro atoms. The molecule has 1 aromatic rings. The van der Waals surface area contributed by atoms with Crippen molar-refractivity contribution in [2.24, 2.45) is 0 Å². The summed E-state index contributed by atoms with van der Waals surface area (Å²) in [6.45, 7) is 0. The molecule has 0 aromatic carbocycles. The minimum absolute atomic E-state index is 0. The number of carboxylic acid groups (broad SMARTS) is 1. The second-order valence-corrected chi connectivity index (χ2v) is 1.40. The summed E-state index contributed by atoms with van der Waals surface area (Å²) in [6, 6.07) is 0. The van der Waals surface area contributed by atoms with E-state index < -0.39 is 5.97 Å². The monoisotopic (exact) mass is 337 g/mol. The first-order valence-corrected chi connectivity index (χ1v) is 2.23. The fourth-order valence-electron chi connectivity index (χ4n) is 0.393. The Labute approximate surface area is 75.1 Å². The van der Waals surface area contributed by atoms with E-state index in [1.807, 2.05) is 0 Å². The summed E-state index contributed by atoms with van der Waals surface area (Å²) < 4.78 is 0.